The topological polar surface area (TPSA) is 70.1 Å². The Hall–Kier alpha value is -2.51. The molecule has 2 aromatic rings. The lowest BCUT2D eigenvalue weighted by Crippen LogP contribution is -2.39. The smallest absolute Gasteiger partial charge is 0.259 e. The van der Waals surface area contributed by atoms with Gasteiger partial charge in [-0.1, -0.05) is 33.6 Å². The number of Topliss-reactive ketones (excluding diaryl/α,β-unsaturated/α-hetero) is 1. The maximum absolute atomic E-state index is 13.3. The zero-order valence-corrected chi connectivity index (χ0v) is 17.4. The molecule has 6 nitrogen and oxygen atoms in total. The Kier molecular flexibility index (Phi) is 4.59. The Morgan fingerprint density at radius 1 is 1.11 bits per heavy atom. The number of nitrogens with zero attached hydrogens (tertiary/aromatic N) is 3. The number of carbonyl (C=O) groups excluding carboxylic acids is 3. The zero-order chi connectivity index (χ0) is 20.2. The van der Waals surface area contributed by atoms with Gasteiger partial charge in [0.15, 0.2) is 5.78 Å². The first-order valence-corrected chi connectivity index (χ1v) is 9.75. The minimum absolute atomic E-state index is 0.0855. The third-order valence-electron chi connectivity index (χ3n) is 4.98. The van der Waals surface area contributed by atoms with Crippen LogP contribution in [0.1, 0.15) is 12.5 Å². The number of hydrazone groups is 1. The molecule has 2 heterocycles. The monoisotopic (exact) mass is 459 g/mol. The van der Waals surface area contributed by atoms with E-state index in [0.717, 1.165) is 14.9 Å². The summed E-state index contributed by atoms with van der Waals surface area (Å²) in [7, 11) is 0. The van der Waals surface area contributed by atoms with E-state index in [1.807, 2.05) is 6.92 Å². The van der Waals surface area contributed by atoms with Crippen molar-refractivity contribution in [3.05, 3.63) is 57.5 Å². The number of fused-ring (bicyclic) bond motifs is 1. The van der Waals surface area contributed by atoms with Gasteiger partial charge in [0, 0.05) is 16.4 Å². The van der Waals surface area contributed by atoms with Gasteiger partial charge in [-0.15, -0.1) is 0 Å². The van der Waals surface area contributed by atoms with Crippen LogP contribution in [0.4, 0.5) is 11.4 Å². The number of amides is 2. The standard InChI is InChI=1S/C20H15BrClN3O3/c1-10-14(22)4-3-5-15(10)25-18-16(17(23-25)11(2)26)19(27)24(20(18)28)13-8-6-12(21)7-9-13/h3-9,16,18H,1-2H3/t16-,18-/m0/s1. The number of hydrogen-bond donors (Lipinski definition) is 0. The highest BCUT2D eigenvalue weighted by atomic mass is 79.9. The predicted molar refractivity (Wildman–Crippen MR) is 111 cm³/mol. The molecule has 0 bridgehead atoms. The largest absolute Gasteiger partial charge is 0.293 e. The van der Waals surface area contributed by atoms with Crippen LogP contribution >= 0.6 is 27.5 Å². The molecule has 0 spiro atoms. The molecule has 2 aliphatic rings. The van der Waals surface area contributed by atoms with Gasteiger partial charge in [-0.3, -0.25) is 19.4 Å². The molecular weight excluding hydrogens is 446 g/mol. The van der Waals surface area contributed by atoms with Crippen LogP contribution in [0.5, 0.6) is 0 Å². The summed E-state index contributed by atoms with van der Waals surface area (Å²) in [6.07, 6.45) is 0. The Balaban J connectivity index is 1.83. The second kappa shape index (κ2) is 6.83. The highest BCUT2D eigenvalue weighted by Gasteiger charge is 2.58. The summed E-state index contributed by atoms with van der Waals surface area (Å²) in [5.74, 6) is -2.15. The Morgan fingerprint density at radius 2 is 1.79 bits per heavy atom. The molecule has 142 valence electrons. The number of imide groups is 1. The highest BCUT2D eigenvalue weighted by Crippen LogP contribution is 2.40. The SMILES string of the molecule is CC(=O)C1=NN(c2cccc(Cl)c2C)[C@@H]2C(=O)N(c3ccc(Br)cc3)C(=O)[C@@H]12. The number of halogens is 2. The fourth-order valence-electron chi connectivity index (χ4n) is 3.59. The maximum Gasteiger partial charge on any atom is 0.259 e. The molecule has 4 rings (SSSR count). The van der Waals surface area contributed by atoms with Gasteiger partial charge in [-0.25, -0.2) is 4.90 Å². The predicted octanol–water partition coefficient (Wildman–Crippen LogP) is 3.73. The average molecular weight is 461 g/mol. The molecule has 1 fully saturated rings. The van der Waals surface area contributed by atoms with Gasteiger partial charge < -0.3 is 0 Å². The summed E-state index contributed by atoms with van der Waals surface area (Å²) >= 11 is 9.57. The van der Waals surface area contributed by atoms with Crippen LogP contribution in [0.25, 0.3) is 0 Å². The molecule has 2 aromatic carbocycles. The molecule has 2 aliphatic heterocycles. The van der Waals surface area contributed by atoms with Crippen LogP contribution in [-0.2, 0) is 14.4 Å². The summed E-state index contributed by atoms with van der Waals surface area (Å²) in [4.78, 5) is 39.7. The molecule has 0 aliphatic carbocycles. The average Bonchev–Trinajstić information content (AvgIpc) is 3.16. The lowest BCUT2D eigenvalue weighted by Gasteiger charge is -2.24. The van der Waals surface area contributed by atoms with E-state index in [-0.39, 0.29) is 11.5 Å². The van der Waals surface area contributed by atoms with Crippen molar-refractivity contribution in [2.75, 3.05) is 9.91 Å². The maximum atomic E-state index is 13.3. The lowest BCUT2D eigenvalue weighted by atomic mass is 9.95. The first-order chi connectivity index (χ1) is 13.3. The zero-order valence-electron chi connectivity index (χ0n) is 15.0. The minimum atomic E-state index is -0.938. The van der Waals surface area contributed by atoms with Gasteiger partial charge in [0.1, 0.15) is 17.7 Å². The van der Waals surface area contributed by atoms with E-state index < -0.39 is 23.8 Å². The fraction of sp³-hybridized carbons (Fsp3) is 0.200. The van der Waals surface area contributed by atoms with E-state index >= 15 is 0 Å². The van der Waals surface area contributed by atoms with Gasteiger partial charge in [0.25, 0.3) is 5.91 Å². The van der Waals surface area contributed by atoms with Crippen LogP contribution in [0.3, 0.4) is 0 Å². The number of benzene rings is 2. The fourth-order valence-corrected chi connectivity index (χ4v) is 4.03. The molecule has 0 N–H and O–H groups in total. The summed E-state index contributed by atoms with van der Waals surface area (Å²) in [5, 5.41) is 6.33. The van der Waals surface area contributed by atoms with Crippen molar-refractivity contribution in [2.24, 2.45) is 11.0 Å². The van der Waals surface area contributed by atoms with Gasteiger partial charge in [0.05, 0.1) is 11.4 Å². The van der Waals surface area contributed by atoms with Crippen molar-refractivity contribution in [3.63, 3.8) is 0 Å². The quantitative estimate of drug-likeness (QED) is 0.655. The molecule has 8 heteroatoms. The van der Waals surface area contributed by atoms with Crippen molar-refractivity contribution >= 4 is 62.2 Å². The van der Waals surface area contributed by atoms with Crippen molar-refractivity contribution in [1.82, 2.24) is 0 Å². The van der Waals surface area contributed by atoms with E-state index in [1.165, 1.54) is 11.9 Å². The highest BCUT2D eigenvalue weighted by molar-refractivity contribution is 9.10. The van der Waals surface area contributed by atoms with Gasteiger partial charge in [-0.05, 0) is 48.9 Å². The third-order valence-corrected chi connectivity index (χ3v) is 5.92. The van der Waals surface area contributed by atoms with Crippen molar-refractivity contribution in [3.8, 4) is 0 Å². The number of hydrogen-bond acceptors (Lipinski definition) is 5. The van der Waals surface area contributed by atoms with E-state index in [9.17, 15) is 14.4 Å². The Morgan fingerprint density at radius 3 is 2.43 bits per heavy atom. The third kappa shape index (κ3) is 2.77. The Bertz CT molecular complexity index is 1050. The number of carbonyl (C=O) groups is 3. The molecule has 28 heavy (non-hydrogen) atoms. The first-order valence-electron chi connectivity index (χ1n) is 8.58. The second-order valence-corrected chi connectivity index (χ2v) is 8.00. The van der Waals surface area contributed by atoms with E-state index in [4.69, 9.17) is 11.6 Å². The molecule has 0 unspecified atom stereocenters. The van der Waals surface area contributed by atoms with E-state index in [1.54, 1.807) is 42.5 Å². The molecule has 2 amide bonds. The van der Waals surface area contributed by atoms with Crippen molar-refractivity contribution < 1.29 is 14.4 Å². The number of ketones is 1. The van der Waals surface area contributed by atoms with Gasteiger partial charge >= 0.3 is 0 Å². The number of rotatable bonds is 3. The normalized spacial score (nSPS) is 21.2. The summed E-state index contributed by atoms with van der Waals surface area (Å²) < 4.78 is 0.831. The molecule has 2 atom stereocenters. The van der Waals surface area contributed by atoms with Gasteiger partial charge in [-0.2, -0.15) is 5.10 Å². The molecule has 0 radical (unpaired) electrons. The molecule has 0 saturated carbocycles. The summed E-state index contributed by atoms with van der Waals surface area (Å²) in [6, 6.07) is 11.2. The van der Waals surface area contributed by atoms with Crippen LogP contribution in [0.15, 0.2) is 52.0 Å². The van der Waals surface area contributed by atoms with E-state index in [0.29, 0.717) is 16.4 Å². The van der Waals surface area contributed by atoms with Crippen LogP contribution in [-0.4, -0.2) is 29.4 Å². The number of anilines is 2. The second-order valence-electron chi connectivity index (χ2n) is 6.68. The molecular formula is C20H15BrClN3O3. The Labute approximate surface area is 174 Å². The van der Waals surface area contributed by atoms with Crippen LogP contribution < -0.4 is 9.91 Å². The van der Waals surface area contributed by atoms with Gasteiger partial charge in [0.2, 0.25) is 5.91 Å². The first kappa shape index (κ1) is 18.8. The molecule has 0 aromatic heterocycles. The van der Waals surface area contributed by atoms with Crippen LogP contribution in [0.2, 0.25) is 5.02 Å². The van der Waals surface area contributed by atoms with E-state index in [2.05, 4.69) is 21.0 Å². The molecule has 1 saturated heterocycles. The van der Waals surface area contributed by atoms with Crippen LogP contribution in [0, 0.1) is 12.8 Å². The summed E-state index contributed by atoms with van der Waals surface area (Å²) in [5.41, 5.74) is 1.86. The summed E-state index contributed by atoms with van der Waals surface area (Å²) in [6.45, 7) is 3.16. The minimum Gasteiger partial charge on any atom is -0.293 e. The lowest BCUT2D eigenvalue weighted by molar-refractivity contribution is -0.122. The van der Waals surface area contributed by atoms with Crippen molar-refractivity contribution in [2.45, 2.75) is 19.9 Å². The van der Waals surface area contributed by atoms with Crippen molar-refractivity contribution in [1.29, 1.82) is 0 Å².